The molecule has 0 unspecified atom stereocenters. The van der Waals surface area contributed by atoms with E-state index in [2.05, 4.69) is 69.9 Å². The number of hydrogen-bond acceptors (Lipinski definition) is 1. The summed E-state index contributed by atoms with van der Waals surface area (Å²) in [6.07, 6.45) is 4.54. The first kappa shape index (κ1) is 20.1. The van der Waals surface area contributed by atoms with E-state index in [0.717, 1.165) is 0 Å². The van der Waals surface area contributed by atoms with E-state index in [9.17, 15) is 0 Å². The summed E-state index contributed by atoms with van der Waals surface area (Å²) in [5, 5.41) is 0. The predicted molar refractivity (Wildman–Crippen MR) is 117 cm³/mol. The van der Waals surface area contributed by atoms with Gasteiger partial charge in [0.1, 0.15) is 0 Å². The van der Waals surface area contributed by atoms with E-state index < -0.39 is 6.39 Å². The molecular formula is C14H16B6Br2S. The minimum absolute atomic E-state index is 0.352. The normalized spacial score (nSPS) is 27.3. The number of halogens is 2. The number of benzene rings is 1. The Morgan fingerprint density at radius 2 is 1.30 bits per heavy atom. The van der Waals surface area contributed by atoms with E-state index in [4.69, 9.17) is 23.2 Å². The molecule has 23 heavy (non-hydrogen) atoms. The van der Waals surface area contributed by atoms with Crippen LogP contribution in [-0.4, -0.2) is 42.0 Å². The van der Waals surface area contributed by atoms with Crippen LogP contribution < -0.4 is 0 Å². The summed E-state index contributed by atoms with van der Waals surface area (Å²) in [5.41, 5.74) is 4.03. The van der Waals surface area contributed by atoms with Crippen LogP contribution >= 0.6 is 43.9 Å². The van der Waals surface area contributed by atoms with Gasteiger partial charge in [0.15, 0.2) is 0 Å². The van der Waals surface area contributed by atoms with Gasteiger partial charge in [0, 0.05) is 8.95 Å². The van der Waals surface area contributed by atoms with Crippen LogP contribution in [0.3, 0.4) is 0 Å². The van der Waals surface area contributed by atoms with Gasteiger partial charge in [-0.1, -0.05) is 13.8 Å². The van der Waals surface area contributed by atoms with Crippen molar-refractivity contribution in [2.45, 2.75) is 50.4 Å². The van der Waals surface area contributed by atoms with E-state index in [0.29, 0.717) is 10.8 Å². The number of fused-ring (bicyclic) bond motifs is 2. The van der Waals surface area contributed by atoms with Crippen LogP contribution in [0.5, 0.6) is 0 Å². The molecular weight excluding hydrogens is 425 g/mol. The first-order valence-electron chi connectivity index (χ1n) is 7.85. The third-order valence-corrected chi connectivity index (χ3v) is 7.58. The zero-order valence-electron chi connectivity index (χ0n) is 13.6. The Balaban J connectivity index is 0.000000236. The molecule has 2 bridgehead atoms. The van der Waals surface area contributed by atoms with Gasteiger partial charge in [-0.15, -0.1) is 0 Å². The molecule has 0 spiro atoms. The maximum atomic E-state index is 5.21. The second-order valence-electron chi connectivity index (χ2n) is 7.22. The average molecular weight is 441 g/mol. The molecule has 6 radical (unpaired) electrons. The third-order valence-electron chi connectivity index (χ3n) is 5.42. The standard InChI is InChI=1S/C14H16Br2.B6S/c1-13-3-5-14(2,6-4-13)10-8-12(16)11(15)7-9(10)13;1-5(2)6(3)4-7/h7-8H,3-6H2,1-2H3;. The van der Waals surface area contributed by atoms with Crippen LogP contribution in [0.15, 0.2) is 21.1 Å². The average Bonchev–Trinajstić information content (AvgIpc) is 2.51. The van der Waals surface area contributed by atoms with Crippen molar-refractivity contribution in [1.82, 2.24) is 0 Å². The van der Waals surface area contributed by atoms with Crippen LogP contribution in [0.4, 0.5) is 0 Å². The van der Waals surface area contributed by atoms with Crippen LogP contribution in [0, 0.1) is 0 Å². The predicted octanol–water partition coefficient (Wildman–Crippen LogP) is 3.68. The van der Waals surface area contributed by atoms with Crippen LogP contribution in [0.25, 0.3) is 0 Å². The molecule has 0 aliphatic heterocycles. The van der Waals surface area contributed by atoms with Crippen molar-refractivity contribution >= 4 is 85.9 Å². The van der Waals surface area contributed by atoms with Crippen molar-refractivity contribution in [3.05, 3.63) is 32.2 Å². The van der Waals surface area contributed by atoms with Crippen molar-refractivity contribution < 1.29 is 0 Å². The van der Waals surface area contributed by atoms with Gasteiger partial charge in [0.05, 0.1) is 0 Å². The fourth-order valence-corrected chi connectivity index (χ4v) is 4.40. The molecule has 1 aromatic rings. The molecule has 0 amide bonds. The molecule has 1 aromatic carbocycles. The SMILES string of the molecule is CC12CCC(C)(CC1)c1cc(Br)c(Br)cc12.[B]B([B])B([B])B=S. The fraction of sp³-hybridized carbons (Fsp3) is 0.571. The molecule has 0 atom stereocenters. The van der Waals surface area contributed by atoms with Crippen molar-refractivity contribution in [1.29, 1.82) is 0 Å². The molecule has 3 aliphatic rings. The molecule has 3 aliphatic carbocycles. The molecule has 1 saturated carbocycles. The van der Waals surface area contributed by atoms with Gasteiger partial charge >= 0.3 is 54.1 Å². The van der Waals surface area contributed by atoms with Crippen molar-refractivity contribution in [2.24, 2.45) is 0 Å². The van der Waals surface area contributed by atoms with Gasteiger partial charge in [0.2, 0.25) is 0 Å². The van der Waals surface area contributed by atoms with Crippen molar-refractivity contribution in [3.63, 3.8) is 0 Å². The summed E-state index contributed by atoms with van der Waals surface area (Å²) < 4.78 is 2.40. The maximum absolute atomic E-state index is 5.21. The van der Waals surface area contributed by atoms with Gasteiger partial charge in [-0.2, -0.15) is 0 Å². The van der Waals surface area contributed by atoms with Crippen LogP contribution in [0.2, 0.25) is 0 Å². The zero-order chi connectivity index (χ0) is 17.4. The summed E-state index contributed by atoms with van der Waals surface area (Å²) in [4.78, 5) is 0. The summed E-state index contributed by atoms with van der Waals surface area (Å²) in [6, 6.07) is 6.04. The summed E-state index contributed by atoms with van der Waals surface area (Å²) in [6.45, 7) is 4.87. The quantitative estimate of drug-likeness (QED) is 0.632. The first-order valence-corrected chi connectivity index (χ1v) is 9.91. The topological polar surface area (TPSA) is 0 Å². The molecule has 0 saturated heterocycles. The molecule has 1 fully saturated rings. The van der Waals surface area contributed by atoms with Gasteiger partial charge in [-0.05, 0) is 91.6 Å². The van der Waals surface area contributed by atoms with Crippen molar-refractivity contribution in [3.8, 4) is 0 Å². The van der Waals surface area contributed by atoms with Gasteiger partial charge in [-0.25, -0.2) is 0 Å². The minimum atomic E-state index is -0.516. The molecule has 0 aromatic heterocycles. The van der Waals surface area contributed by atoms with Gasteiger partial charge in [0.25, 0.3) is 0 Å². The molecule has 0 heterocycles. The van der Waals surface area contributed by atoms with E-state index >= 15 is 0 Å². The van der Waals surface area contributed by atoms with E-state index in [1.54, 1.807) is 11.1 Å². The van der Waals surface area contributed by atoms with Crippen molar-refractivity contribution in [2.75, 3.05) is 0 Å². The second-order valence-corrected chi connectivity index (χ2v) is 9.20. The van der Waals surface area contributed by atoms with Crippen LogP contribution in [-0.2, 0) is 10.8 Å². The Hall–Kier alpha value is 0.790. The van der Waals surface area contributed by atoms with E-state index in [1.807, 2.05) is 0 Å². The molecule has 0 N–H and O–H groups in total. The Labute approximate surface area is 167 Å². The summed E-state index contributed by atoms with van der Waals surface area (Å²) in [7, 11) is 15.4. The van der Waals surface area contributed by atoms with Gasteiger partial charge < -0.3 is 0 Å². The summed E-state index contributed by atoms with van der Waals surface area (Å²) in [5.74, 6) is 0. The Kier molecular flexibility index (Phi) is 6.62. The fourth-order valence-electron chi connectivity index (χ4n) is 3.53. The number of rotatable bonds is 2. The van der Waals surface area contributed by atoms with E-state index in [-0.39, 0.29) is 6.39 Å². The molecule has 9 heteroatoms. The van der Waals surface area contributed by atoms with E-state index in [1.165, 1.54) is 40.7 Å². The second kappa shape index (κ2) is 7.58. The Morgan fingerprint density at radius 3 is 1.52 bits per heavy atom. The number of hydrogen-bond donors (Lipinski definition) is 0. The monoisotopic (exact) mass is 440 g/mol. The van der Waals surface area contributed by atoms with Gasteiger partial charge in [-0.3, -0.25) is 0 Å². The molecule has 0 nitrogen and oxygen atoms in total. The summed E-state index contributed by atoms with van der Waals surface area (Å²) >= 11 is 11.7. The molecule has 4 rings (SSSR count). The third kappa shape index (κ3) is 4.14. The Morgan fingerprint density at radius 1 is 0.957 bits per heavy atom. The Bertz CT molecular complexity index is 558. The van der Waals surface area contributed by atoms with Crippen LogP contribution in [0.1, 0.15) is 50.7 Å². The first-order chi connectivity index (χ1) is 10.6. The zero-order valence-corrected chi connectivity index (χ0v) is 17.6. The molecule has 110 valence electrons.